The number of rotatable bonds is 4. The average molecular weight is 246 g/mol. The molecule has 0 aliphatic heterocycles. The van der Waals surface area contributed by atoms with E-state index >= 15 is 0 Å². The molecule has 0 spiro atoms. The number of amides is 1. The van der Waals surface area contributed by atoms with Gasteiger partial charge in [-0.2, -0.15) is 11.8 Å². The van der Waals surface area contributed by atoms with Crippen molar-refractivity contribution in [3.8, 4) is 5.75 Å². The largest absolute Gasteiger partial charge is 0.495 e. The third-order valence-corrected chi connectivity index (χ3v) is 2.56. The van der Waals surface area contributed by atoms with E-state index in [1.807, 2.05) is 6.26 Å². The van der Waals surface area contributed by atoms with E-state index in [2.05, 4.69) is 5.32 Å². The predicted octanol–water partition coefficient (Wildman–Crippen LogP) is 2.65. The van der Waals surface area contributed by atoms with Gasteiger partial charge in [-0.05, 0) is 24.5 Å². The van der Waals surface area contributed by atoms with Crippen LogP contribution in [0.25, 0.3) is 0 Å². The molecule has 82 valence electrons. The monoisotopic (exact) mass is 245 g/mol. The van der Waals surface area contributed by atoms with E-state index in [4.69, 9.17) is 16.3 Å². The zero-order valence-electron chi connectivity index (χ0n) is 8.54. The Bertz CT molecular complexity index is 357. The lowest BCUT2D eigenvalue weighted by atomic mass is 10.3. The highest BCUT2D eigenvalue weighted by Crippen LogP contribution is 2.27. The molecule has 0 atom stereocenters. The van der Waals surface area contributed by atoms with Crippen LogP contribution >= 0.6 is 23.4 Å². The van der Waals surface area contributed by atoms with Crippen molar-refractivity contribution in [2.24, 2.45) is 0 Å². The molecule has 0 aromatic heterocycles. The Morgan fingerprint density at radius 3 is 2.87 bits per heavy atom. The second-order valence-corrected chi connectivity index (χ2v) is 4.10. The first-order valence-corrected chi connectivity index (χ1v) is 6.07. The fourth-order valence-corrected chi connectivity index (χ4v) is 1.66. The SMILES string of the molecule is COc1ccc(NC(=O)CSC)cc1Cl. The number of hydrogen-bond donors (Lipinski definition) is 1. The molecule has 0 saturated carbocycles. The van der Waals surface area contributed by atoms with Gasteiger partial charge in [0, 0.05) is 5.69 Å². The summed E-state index contributed by atoms with van der Waals surface area (Å²) in [6.07, 6.45) is 1.88. The summed E-state index contributed by atoms with van der Waals surface area (Å²) in [5, 5.41) is 3.22. The molecule has 3 nitrogen and oxygen atoms in total. The number of anilines is 1. The Morgan fingerprint density at radius 1 is 1.60 bits per heavy atom. The van der Waals surface area contributed by atoms with Crippen molar-refractivity contribution < 1.29 is 9.53 Å². The summed E-state index contributed by atoms with van der Waals surface area (Å²) in [7, 11) is 1.55. The standard InChI is InChI=1S/C10H12ClNO2S/c1-14-9-4-3-7(5-8(9)11)12-10(13)6-15-2/h3-5H,6H2,1-2H3,(H,12,13). The summed E-state index contributed by atoms with van der Waals surface area (Å²) < 4.78 is 5.00. The summed E-state index contributed by atoms with van der Waals surface area (Å²) in [4.78, 5) is 11.3. The van der Waals surface area contributed by atoms with E-state index in [0.29, 0.717) is 22.2 Å². The van der Waals surface area contributed by atoms with Crippen LogP contribution in [0.5, 0.6) is 5.75 Å². The molecule has 0 heterocycles. The van der Waals surface area contributed by atoms with Crippen molar-refractivity contribution in [3.63, 3.8) is 0 Å². The Balaban J connectivity index is 2.71. The van der Waals surface area contributed by atoms with Gasteiger partial charge in [0.05, 0.1) is 17.9 Å². The normalized spacial score (nSPS) is 9.80. The van der Waals surface area contributed by atoms with E-state index in [0.717, 1.165) is 0 Å². The molecule has 1 N–H and O–H groups in total. The number of nitrogens with one attached hydrogen (secondary N) is 1. The van der Waals surface area contributed by atoms with Gasteiger partial charge in [0.2, 0.25) is 5.91 Å². The van der Waals surface area contributed by atoms with Crippen LogP contribution in [0.1, 0.15) is 0 Å². The third-order valence-electron chi connectivity index (χ3n) is 1.71. The maximum Gasteiger partial charge on any atom is 0.234 e. The molecule has 1 aromatic carbocycles. The topological polar surface area (TPSA) is 38.3 Å². The molecule has 0 aliphatic rings. The van der Waals surface area contributed by atoms with Gasteiger partial charge in [0.15, 0.2) is 0 Å². The number of thioether (sulfide) groups is 1. The minimum Gasteiger partial charge on any atom is -0.495 e. The van der Waals surface area contributed by atoms with Crippen molar-refractivity contribution in [1.82, 2.24) is 0 Å². The third kappa shape index (κ3) is 3.64. The molecule has 5 heteroatoms. The number of ether oxygens (including phenoxy) is 1. The molecule has 0 unspecified atom stereocenters. The van der Waals surface area contributed by atoms with Crippen LogP contribution in [0.3, 0.4) is 0 Å². The van der Waals surface area contributed by atoms with Crippen molar-refractivity contribution in [3.05, 3.63) is 23.2 Å². The van der Waals surface area contributed by atoms with Crippen molar-refractivity contribution in [1.29, 1.82) is 0 Å². The first-order chi connectivity index (χ1) is 7.17. The van der Waals surface area contributed by atoms with Crippen LogP contribution in [-0.4, -0.2) is 25.0 Å². The zero-order valence-corrected chi connectivity index (χ0v) is 10.1. The van der Waals surface area contributed by atoms with Crippen molar-refractivity contribution >= 4 is 35.0 Å². The number of carbonyl (C=O) groups excluding carboxylic acids is 1. The molecule has 1 aromatic rings. The average Bonchev–Trinajstić information content (AvgIpc) is 2.18. The predicted molar refractivity (Wildman–Crippen MR) is 65.0 cm³/mol. The summed E-state index contributed by atoms with van der Waals surface area (Å²) in [5.74, 6) is 0.993. The molecular weight excluding hydrogens is 234 g/mol. The highest BCUT2D eigenvalue weighted by atomic mass is 35.5. The van der Waals surface area contributed by atoms with E-state index < -0.39 is 0 Å². The van der Waals surface area contributed by atoms with Crippen LogP contribution in [-0.2, 0) is 4.79 Å². The zero-order chi connectivity index (χ0) is 11.3. The lowest BCUT2D eigenvalue weighted by Gasteiger charge is -2.07. The fourth-order valence-electron chi connectivity index (χ4n) is 1.07. The fraction of sp³-hybridized carbons (Fsp3) is 0.300. The second kappa shape index (κ2) is 5.88. The smallest absolute Gasteiger partial charge is 0.234 e. The molecule has 0 radical (unpaired) electrons. The maximum atomic E-state index is 11.3. The first kappa shape index (κ1) is 12.2. The van der Waals surface area contributed by atoms with Crippen LogP contribution in [0.4, 0.5) is 5.69 Å². The second-order valence-electron chi connectivity index (χ2n) is 2.83. The van der Waals surface area contributed by atoms with Gasteiger partial charge < -0.3 is 10.1 Å². The Morgan fingerprint density at radius 2 is 2.33 bits per heavy atom. The van der Waals surface area contributed by atoms with Crippen molar-refractivity contribution in [2.75, 3.05) is 24.4 Å². The minimum absolute atomic E-state index is 0.0382. The lowest BCUT2D eigenvalue weighted by molar-refractivity contribution is -0.113. The Labute approximate surface area is 98.1 Å². The molecule has 0 saturated heterocycles. The van der Waals surface area contributed by atoms with Gasteiger partial charge in [-0.1, -0.05) is 11.6 Å². The molecule has 0 aliphatic carbocycles. The van der Waals surface area contributed by atoms with E-state index in [1.165, 1.54) is 11.8 Å². The van der Waals surface area contributed by atoms with Crippen molar-refractivity contribution in [2.45, 2.75) is 0 Å². The maximum absolute atomic E-state index is 11.3. The molecule has 1 rings (SSSR count). The summed E-state index contributed by atoms with van der Waals surface area (Å²) in [6.45, 7) is 0. The van der Waals surface area contributed by atoms with E-state index in [9.17, 15) is 4.79 Å². The van der Waals surface area contributed by atoms with Crippen LogP contribution in [0, 0.1) is 0 Å². The molecule has 15 heavy (non-hydrogen) atoms. The van der Waals surface area contributed by atoms with Crippen LogP contribution < -0.4 is 10.1 Å². The number of methoxy groups -OCH3 is 1. The summed E-state index contributed by atoms with van der Waals surface area (Å²) >= 11 is 7.38. The van der Waals surface area contributed by atoms with E-state index in [1.54, 1.807) is 25.3 Å². The van der Waals surface area contributed by atoms with E-state index in [-0.39, 0.29) is 5.91 Å². The summed E-state index contributed by atoms with van der Waals surface area (Å²) in [6, 6.07) is 5.14. The van der Waals surface area contributed by atoms with Gasteiger partial charge in [0.25, 0.3) is 0 Å². The quantitative estimate of drug-likeness (QED) is 0.886. The number of benzene rings is 1. The van der Waals surface area contributed by atoms with Gasteiger partial charge >= 0.3 is 0 Å². The lowest BCUT2D eigenvalue weighted by Crippen LogP contribution is -2.13. The highest BCUT2D eigenvalue weighted by Gasteiger charge is 2.04. The van der Waals surface area contributed by atoms with Crippen LogP contribution in [0.2, 0.25) is 5.02 Å². The number of halogens is 1. The number of carbonyl (C=O) groups is 1. The first-order valence-electron chi connectivity index (χ1n) is 4.29. The molecule has 0 bridgehead atoms. The van der Waals surface area contributed by atoms with Gasteiger partial charge in [-0.15, -0.1) is 0 Å². The number of hydrogen-bond acceptors (Lipinski definition) is 3. The van der Waals surface area contributed by atoms with Crippen LogP contribution in [0.15, 0.2) is 18.2 Å². The molecular formula is C10H12ClNO2S. The van der Waals surface area contributed by atoms with Gasteiger partial charge in [-0.25, -0.2) is 0 Å². The van der Waals surface area contributed by atoms with Gasteiger partial charge in [-0.3, -0.25) is 4.79 Å². The summed E-state index contributed by atoms with van der Waals surface area (Å²) in [5.41, 5.74) is 0.680. The Hall–Kier alpha value is -0.870. The molecule has 1 amide bonds. The minimum atomic E-state index is -0.0382. The molecule has 0 fully saturated rings. The highest BCUT2D eigenvalue weighted by molar-refractivity contribution is 7.99. The Kier molecular flexibility index (Phi) is 4.78. The van der Waals surface area contributed by atoms with Gasteiger partial charge in [0.1, 0.15) is 5.75 Å².